The van der Waals surface area contributed by atoms with Crippen molar-refractivity contribution in [2.24, 2.45) is 11.3 Å². The highest BCUT2D eigenvalue weighted by atomic mass is 16.6. The molecule has 13 nitrogen and oxygen atoms in total. The molecule has 10 atom stereocenters. The first kappa shape index (κ1) is 40.0. The Bertz CT molecular complexity index is 2260. The van der Waals surface area contributed by atoms with Crippen LogP contribution in [0.2, 0.25) is 0 Å². The first-order valence-electron chi connectivity index (χ1n) is 21.2. The van der Waals surface area contributed by atoms with Crippen LogP contribution in [-0.2, 0) is 45.8 Å². The number of methoxy groups -OCH3 is 3. The van der Waals surface area contributed by atoms with E-state index in [2.05, 4.69) is 39.1 Å². The molecule has 1 spiro atoms. The lowest BCUT2D eigenvalue weighted by Gasteiger charge is -2.63. The standard InChI is InChI=1S/C46H58N4O9/c1-8-42(54)23-28-24-45(40(52)57-6,36-30(15-19-49(25-28)26-42)29-13-10-11-14-33(29)47-36)32-21-31-34(22-35(32)56-5)48(4)38-44(31)17-20-50-18-12-16-43(9-2,37(44)50)39(59-27(3)51)46(38,55)41(53)58-7/h10-14,16,21-22,28,37-39,47,54-55H,8-9,15,17-20,23-26H2,1-7H3/t28-,37-,38+,39+,42-,43+,44?,45-,46-/m0/s1. The van der Waals surface area contributed by atoms with E-state index in [4.69, 9.17) is 18.9 Å². The molecule has 0 amide bonds. The van der Waals surface area contributed by atoms with E-state index >= 15 is 4.79 Å². The van der Waals surface area contributed by atoms with Crippen LogP contribution in [-0.4, -0.2) is 133 Å². The summed E-state index contributed by atoms with van der Waals surface area (Å²) in [6, 6.07) is 11.0. The third-order valence-electron chi connectivity index (χ3n) is 15.6. The highest BCUT2D eigenvalue weighted by Gasteiger charge is 2.80. The van der Waals surface area contributed by atoms with Crippen LogP contribution in [0.3, 0.4) is 0 Å². The number of hydrogen-bond donors (Lipinski definition) is 3. The van der Waals surface area contributed by atoms with Crippen molar-refractivity contribution < 1.29 is 43.5 Å². The normalized spacial score (nSPS) is 37.0. The summed E-state index contributed by atoms with van der Waals surface area (Å²) in [5, 5.41) is 26.3. The maximum absolute atomic E-state index is 15.3. The molecule has 3 aromatic rings. The number of rotatable bonds is 7. The van der Waals surface area contributed by atoms with Crippen molar-refractivity contribution >= 4 is 34.5 Å². The summed E-state index contributed by atoms with van der Waals surface area (Å²) in [4.78, 5) is 53.2. The van der Waals surface area contributed by atoms with Gasteiger partial charge in [-0.25, -0.2) is 4.79 Å². The van der Waals surface area contributed by atoms with Crippen molar-refractivity contribution in [3.8, 4) is 5.75 Å². The number of likely N-dealkylation sites (N-methyl/N-ethyl adjacent to an activating group) is 1. The van der Waals surface area contributed by atoms with E-state index < -0.39 is 57.5 Å². The number of aromatic amines is 1. The zero-order chi connectivity index (χ0) is 41.9. The van der Waals surface area contributed by atoms with Gasteiger partial charge in [0.25, 0.3) is 0 Å². The predicted octanol–water partition coefficient (Wildman–Crippen LogP) is 3.99. The molecule has 59 heavy (non-hydrogen) atoms. The van der Waals surface area contributed by atoms with E-state index in [1.54, 1.807) is 7.11 Å². The van der Waals surface area contributed by atoms with Gasteiger partial charge in [0.1, 0.15) is 11.2 Å². The Balaban J connectivity index is 1.36. The van der Waals surface area contributed by atoms with Crippen LogP contribution in [0.5, 0.6) is 5.75 Å². The highest BCUT2D eigenvalue weighted by Crippen LogP contribution is 2.68. The van der Waals surface area contributed by atoms with E-state index in [1.807, 2.05) is 50.1 Å². The maximum atomic E-state index is 15.3. The number of benzene rings is 2. The Morgan fingerprint density at radius 3 is 2.41 bits per heavy atom. The molecule has 9 rings (SSSR count). The number of hydrogen-bond acceptors (Lipinski definition) is 12. The van der Waals surface area contributed by atoms with Crippen LogP contribution in [0.15, 0.2) is 48.6 Å². The fourth-order valence-electron chi connectivity index (χ4n) is 13.5. The van der Waals surface area contributed by atoms with Crippen molar-refractivity contribution in [3.63, 3.8) is 0 Å². The van der Waals surface area contributed by atoms with Crippen molar-refractivity contribution in [1.29, 1.82) is 0 Å². The minimum atomic E-state index is -2.30. The molecule has 2 aromatic carbocycles. The molecule has 6 aliphatic rings. The number of esters is 3. The first-order valence-corrected chi connectivity index (χ1v) is 21.2. The number of piperidine rings is 1. The summed E-state index contributed by atoms with van der Waals surface area (Å²) in [5.74, 6) is -1.56. The van der Waals surface area contributed by atoms with Crippen LogP contribution >= 0.6 is 0 Å². The average molecular weight is 811 g/mol. The largest absolute Gasteiger partial charge is 0.496 e. The van der Waals surface area contributed by atoms with Gasteiger partial charge in [-0.2, -0.15) is 0 Å². The summed E-state index contributed by atoms with van der Waals surface area (Å²) in [5.41, 5.74) is -1.62. The fraction of sp³-hybridized carbons (Fsp3) is 0.587. The molecule has 3 fully saturated rings. The lowest BCUT2D eigenvalue weighted by molar-refractivity contribution is -0.228. The summed E-state index contributed by atoms with van der Waals surface area (Å²) in [7, 11) is 6.15. The van der Waals surface area contributed by atoms with Gasteiger partial charge in [0.05, 0.1) is 33.0 Å². The van der Waals surface area contributed by atoms with Gasteiger partial charge < -0.3 is 39.0 Å². The molecule has 0 radical (unpaired) electrons. The molecule has 2 saturated heterocycles. The van der Waals surface area contributed by atoms with Gasteiger partial charge in [-0.15, -0.1) is 0 Å². The van der Waals surface area contributed by atoms with E-state index in [0.717, 1.165) is 33.4 Å². The minimum Gasteiger partial charge on any atom is -0.496 e. The number of aromatic nitrogens is 1. The number of nitrogens with one attached hydrogen (secondary N) is 1. The predicted molar refractivity (Wildman–Crippen MR) is 220 cm³/mol. The van der Waals surface area contributed by atoms with Gasteiger partial charge >= 0.3 is 17.9 Å². The lowest BCUT2D eigenvalue weighted by atomic mass is 9.47. The zero-order valence-electron chi connectivity index (χ0n) is 35.3. The summed E-state index contributed by atoms with van der Waals surface area (Å²) < 4.78 is 23.9. The third kappa shape index (κ3) is 5.20. The Morgan fingerprint density at radius 2 is 1.71 bits per heavy atom. The van der Waals surface area contributed by atoms with E-state index in [-0.39, 0.29) is 12.0 Å². The second-order valence-corrected chi connectivity index (χ2v) is 18.2. The molecule has 1 aliphatic carbocycles. The van der Waals surface area contributed by atoms with Crippen molar-refractivity contribution in [2.75, 3.05) is 66.0 Å². The Kier molecular flexibility index (Phi) is 9.36. The van der Waals surface area contributed by atoms with Crippen molar-refractivity contribution in [3.05, 3.63) is 70.9 Å². The zero-order valence-corrected chi connectivity index (χ0v) is 35.3. The molecule has 2 bridgehead atoms. The van der Waals surface area contributed by atoms with Crippen molar-refractivity contribution in [1.82, 2.24) is 14.8 Å². The summed E-state index contributed by atoms with van der Waals surface area (Å²) >= 11 is 0. The minimum absolute atomic E-state index is 0.0986. The highest BCUT2D eigenvalue weighted by molar-refractivity contribution is 5.95. The Labute approximate surface area is 345 Å². The fourth-order valence-corrected chi connectivity index (χ4v) is 13.5. The Hall–Kier alpha value is -4.43. The number of carbonyl (C=O) groups is 3. The van der Waals surface area contributed by atoms with Gasteiger partial charge in [0.15, 0.2) is 6.10 Å². The molecule has 1 saturated carbocycles. The number of anilines is 1. The summed E-state index contributed by atoms with van der Waals surface area (Å²) in [6.45, 7) is 8.62. The molecular formula is C46H58N4O9. The topological polar surface area (TPSA) is 154 Å². The molecule has 13 heteroatoms. The second kappa shape index (κ2) is 13.8. The molecule has 1 aromatic heterocycles. The Morgan fingerprint density at radius 1 is 0.949 bits per heavy atom. The van der Waals surface area contributed by atoms with E-state index in [9.17, 15) is 19.8 Å². The van der Waals surface area contributed by atoms with Gasteiger partial charge in [-0.1, -0.05) is 44.2 Å². The van der Waals surface area contributed by atoms with Gasteiger partial charge in [-0.05, 0) is 74.2 Å². The molecule has 2 unspecified atom stereocenters. The van der Waals surface area contributed by atoms with Gasteiger partial charge in [-0.3, -0.25) is 19.4 Å². The van der Waals surface area contributed by atoms with Crippen LogP contribution < -0.4 is 9.64 Å². The number of fused-ring (bicyclic) bond motifs is 6. The average Bonchev–Trinajstić information content (AvgIpc) is 3.90. The van der Waals surface area contributed by atoms with Crippen LogP contribution in [0.1, 0.15) is 75.3 Å². The lowest BCUT2D eigenvalue weighted by Crippen LogP contribution is -2.81. The van der Waals surface area contributed by atoms with Gasteiger partial charge in [0.2, 0.25) is 5.60 Å². The van der Waals surface area contributed by atoms with Gasteiger partial charge in [0, 0.05) is 90.9 Å². The SMILES string of the molecule is CC[C@]1(O)C[C@@H]2CN(CCc3c([nH]c4ccccc34)[C@@](C(=O)OC)(c3cc4c(cc3OC)N(C)[C@@H]3C45CCN4CC=C[C@](CC)([C@H]45)[C@@H](OC(C)=O)[C@]3(O)C(=O)OC)C2)C1. The van der Waals surface area contributed by atoms with Crippen LogP contribution in [0.25, 0.3) is 10.9 Å². The molecular weight excluding hydrogens is 753 g/mol. The number of H-pyrrole nitrogens is 1. The quantitative estimate of drug-likeness (QED) is 0.180. The maximum Gasteiger partial charge on any atom is 0.344 e. The number of nitrogens with zero attached hydrogens (tertiary/aromatic N) is 3. The van der Waals surface area contributed by atoms with Crippen LogP contribution in [0.4, 0.5) is 5.69 Å². The molecule has 3 N–H and O–H groups in total. The number of aliphatic hydroxyl groups is 2. The van der Waals surface area contributed by atoms with Crippen molar-refractivity contribution in [2.45, 2.75) is 99.5 Å². The summed E-state index contributed by atoms with van der Waals surface area (Å²) in [6.07, 6.45) is 5.94. The number of para-hydroxylation sites is 1. The number of carbonyl (C=O) groups excluding carboxylic acids is 3. The van der Waals surface area contributed by atoms with Crippen LogP contribution in [0, 0.1) is 11.3 Å². The second-order valence-electron chi connectivity index (χ2n) is 18.2. The monoisotopic (exact) mass is 810 g/mol. The molecule has 6 heterocycles. The third-order valence-corrected chi connectivity index (χ3v) is 15.6. The van der Waals surface area contributed by atoms with E-state index in [0.29, 0.717) is 82.6 Å². The molecule has 316 valence electrons. The smallest absolute Gasteiger partial charge is 0.344 e. The number of ether oxygens (including phenoxy) is 4. The van der Waals surface area contributed by atoms with E-state index in [1.165, 1.54) is 21.1 Å². The molecule has 5 aliphatic heterocycles. The first-order chi connectivity index (χ1) is 28.2.